The van der Waals surface area contributed by atoms with E-state index in [4.69, 9.17) is 9.47 Å². The Labute approximate surface area is 129 Å². The Morgan fingerprint density at radius 2 is 1.90 bits per heavy atom. The minimum atomic E-state index is -0.427. The smallest absolute Gasteiger partial charge is 0.175 e. The fourth-order valence-electron chi connectivity index (χ4n) is 2.43. The first-order valence-corrected chi connectivity index (χ1v) is 8.28. The van der Waals surface area contributed by atoms with Crippen molar-refractivity contribution in [2.24, 2.45) is 0 Å². The monoisotopic (exact) mass is 342 g/mol. The average Bonchev–Trinajstić information content (AvgIpc) is 2.47. The minimum absolute atomic E-state index is 0.427. The lowest BCUT2D eigenvalue weighted by Gasteiger charge is -2.21. The summed E-state index contributed by atoms with van der Waals surface area (Å²) in [7, 11) is 0. The number of benzene rings is 1. The number of halogens is 1. The van der Waals surface area contributed by atoms with Gasteiger partial charge in [0.25, 0.3) is 0 Å². The van der Waals surface area contributed by atoms with Crippen LogP contribution in [0.2, 0.25) is 0 Å². The molecule has 4 heteroatoms. The lowest BCUT2D eigenvalue weighted by atomic mass is 10.0. The fraction of sp³-hybridized carbons (Fsp3) is 0.625. The summed E-state index contributed by atoms with van der Waals surface area (Å²) in [6.45, 7) is 3.35. The van der Waals surface area contributed by atoms with Gasteiger partial charge in [0.15, 0.2) is 11.5 Å². The molecule has 1 atom stereocenters. The van der Waals surface area contributed by atoms with E-state index < -0.39 is 6.10 Å². The van der Waals surface area contributed by atoms with Gasteiger partial charge in [-0.05, 0) is 40.0 Å². The third kappa shape index (κ3) is 4.13. The highest BCUT2D eigenvalue weighted by atomic mass is 79.9. The zero-order chi connectivity index (χ0) is 14.4. The van der Waals surface area contributed by atoms with Crippen molar-refractivity contribution < 1.29 is 14.6 Å². The Hall–Kier alpha value is -0.740. The zero-order valence-electron chi connectivity index (χ0n) is 12.0. The van der Waals surface area contributed by atoms with Gasteiger partial charge in [-0.2, -0.15) is 0 Å². The van der Waals surface area contributed by atoms with Crippen LogP contribution in [-0.2, 0) is 0 Å². The fourth-order valence-corrected chi connectivity index (χ4v) is 3.01. The first-order chi connectivity index (χ1) is 9.72. The molecule has 0 fully saturated rings. The van der Waals surface area contributed by atoms with Crippen molar-refractivity contribution in [2.45, 2.75) is 51.6 Å². The van der Waals surface area contributed by atoms with E-state index in [0.29, 0.717) is 13.2 Å². The molecule has 1 heterocycles. The summed E-state index contributed by atoms with van der Waals surface area (Å²) in [5.41, 5.74) is 0.900. The van der Waals surface area contributed by atoms with Gasteiger partial charge in [0.1, 0.15) is 13.2 Å². The van der Waals surface area contributed by atoms with Crippen molar-refractivity contribution in [3.63, 3.8) is 0 Å². The maximum absolute atomic E-state index is 10.3. The molecule has 1 aromatic carbocycles. The molecule has 112 valence electrons. The molecule has 0 saturated carbocycles. The molecule has 0 aliphatic carbocycles. The molecule has 1 unspecified atom stereocenters. The first kappa shape index (κ1) is 15.6. The number of ether oxygens (including phenoxy) is 2. The number of fused-ring (bicyclic) bond motifs is 1. The Kier molecular flexibility index (Phi) is 6.17. The van der Waals surface area contributed by atoms with Crippen LogP contribution in [0.25, 0.3) is 0 Å². The van der Waals surface area contributed by atoms with Crippen LogP contribution in [0.5, 0.6) is 11.5 Å². The predicted octanol–water partition coefficient (Wildman–Crippen LogP) is 4.61. The van der Waals surface area contributed by atoms with Gasteiger partial charge in [0, 0.05) is 0 Å². The van der Waals surface area contributed by atoms with Crippen molar-refractivity contribution in [3.8, 4) is 11.5 Å². The van der Waals surface area contributed by atoms with E-state index in [1.54, 1.807) is 0 Å². The summed E-state index contributed by atoms with van der Waals surface area (Å²) in [5, 5.41) is 10.3. The van der Waals surface area contributed by atoms with E-state index in [1.807, 2.05) is 12.1 Å². The summed E-state index contributed by atoms with van der Waals surface area (Å²) < 4.78 is 12.0. The molecule has 1 aliphatic rings. The second-order valence-corrected chi connectivity index (χ2v) is 6.10. The van der Waals surface area contributed by atoms with Crippen LogP contribution in [0.4, 0.5) is 0 Å². The van der Waals surface area contributed by atoms with Crippen LogP contribution < -0.4 is 9.47 Å². The molecule has 0 saturated heterocycles. The Morgan fingerprint density at radius 1 is 1.15 bits per heavy atom. The van der Waals surface area contributed by atoms with Crippen LogP contribution in [0.15, 0.2) is 16.6 Å². The van der Waals surface area contributed by atoms with Gasteiger partial charge in [-0.1, -0.05) is 39.0 Å². The topological polar surface area (TPSA) is 38.7 Å². The van der Waals surface area contributed by atoms with Crippen molar-refractivity contribution in [1.29, 1.82) is 0 Å². The molecule has 0 bridgehead atoms. The van der Waals surface area contributed by atoms with E-state index in [0.717, 1.165) is 34.4 Å². The Bertz CT molecular complexity index is 434. The number of unbranched alkanes of at least 4 members (excludes halogenated alkanes) is 4. The molecule has 2 rings (SSSR count). The van der Waals surface area contributed by atoms with Crippen molar-refractivity contribution in [3.05, 3.63) is 22.2 Å². The Balaban J connectivity index is 1.92. The normalized spacial score (nSPS) is 15.2. The van der Waals surface area contributed by atoms with Crippen LogP contribution >= 0.6 is 15.9 Å². The third-order valence-electron chi connectivity index (χ3n) is 3.59. The molecule has 0 aromatic heterocycles. The second-order valence-electron chi connectivity index (χ2n) is 5.25. The van der Waals surface area contributed by atoms with E-state index in [2.05, 4.69) is 22.9 Å². The van der Waals surface area contributed by atoms with Gasteiger partial charge in [-0.3, -0.25) is 0 Å². The molecule has 0 amide bonds. The predicted molar refractivity (Wildman–Crippen MR) is 83.5 cm³/mol. The number of hydrogen-bond acceptors (Lipinski definition) is 3. The molecule has 0 spiro atoms. The minimum Gasteiger partial charge on any atom is -0.486 e. The van der Waals surface area contributed by atoms with Crippen molar-refractivity contribution in [1.82, 2.24) is 0 Å². The molecule has 1 aliphatic heterocycles. The largest absolute Gasteiger partial charge is 0.486 e. The van der Waals surface area contributed by atoms with Crippen LogP contribution in [0.1, 0.15) is 57.1 Å². The van der Waals surface area contributed by atoms with Gasteiger partial charge in [-0.25, -0.2) is 0 Å². The standard InChI is InChI=1S/C16H23BrO3/c1-2-3-4-5-6-7-14(18)12-10-13(17)16-15(11-12)19-8-9-20-16/h10-11,14,18H,2-9H2,1H3. The highest BCUT2D eigenvalue weighted by Gasteiger charge is 2.19. The number of aliphatic hydroxyl groups excluding tert-OH is 1. The van der Waals surface area contributed by atoms with E-state index in [9.17, 15) is 5.11 Å². The van der Waals surface area contributed by atoms with Gasteiger partial charge in [-0.15, -0.1) is 0 Å². The van der Waals surface area contributed by atoms with Crippen molar-refractivity contribution in [2.75, 3.05) is 13.2 Å². The van der Waals surface area contributed by atoms with Crippen LogP contribution in [0.3, 0.4) is 0 Å². The number of hydrogen-bond donors (Lipinski definition) is 1. The van der Waals surface area contributed by atoms with E-state index >= 15 is 0 Å². The zero-order valence-corrected chi connectivity index (χ0v) is 13.6. The lowest BCUT2D eigenvalue weighted by molar-refractivity contribution is 0.156. The average molecular weight is 343 g/mol. The molecule has 1 N–H and O–H groups in total. The highest BCUT2D eigenvalue weighted by Crippen LogP contribution is 2.40. The molecule has 20 heavy (non-hydrogen) atoms. The number of rotatable bonds is 7. The van der Waals surface area contributed by atoms with Crippen LogP contribution in [0, 0.1) is 0 Å². The van der Waals surface area contributed by atoms with E-state index in [-0.39, 0.29) is 0 Å². The summed E-state index contributed by atoms with van der Waals surface area (Å²) in [6, 6.07) is 3.83. The van der Waals surface area contributed by atoms with Crippen molar-refractivity contribution >= 4 is 15.9 Å². The van der Waals surface area contributed by atoms with Gasteiger partial charge >= 0.3 is 0 Å². The van der Waals surface area contributed by atoms with Crippen LogP contribution in [-0.4, -0.2) is 18.3 Å². The summed E-state index contributed by atoms with van der Waals surface area (Å²) in [6.07, 6.45) is 6.42. The van der Waals surface area contributed by atoms with Gasteiger partial charge in [0.2, 0.25) is 0 Å². The molecular formula is C16H23BrO3. The first-order valence-electron chi connectivity index (χ1n) is 7.49. The summed E-state index contributed by atoms with van der Waals surface area (Å²) in [5.74, 6) is 1.47. The Morgan fingerprint density at radius 3 is 2.70 bits per heavy atom. The van der Waals surface area contributed by atoms with Gasteiger partial charge < -0.3 is 14.6 Å². The maximum Gasteiger partial charge on any atom is 0.175 e. The summed E-state index contributed by atoms with van der Waals surface area (Å²) >= 11 is 3.49. The quantitative estimate of drug-likeness (QED) is 0.735. The van der Waals surface area contributed by atoms with Gasteiger partial charge in [0.05, 0.1) is 10.6 Å². The molecular weight excluding hydrogens is 320 g/mol. The molecule has 3 nitrogen and oxygen atoms in total. The second kappa shape index (κ2) is 7.89. The lowest BCUT2D eigenvalue weighted by Crippen LogP contribution is -2.16. The maximum atomic E-state index is 10.3. The SMILES string of the molecule is CCCCCCCC(O)c1cc(Br)c2c(c1)OCCO2. The highest BCUT2D eigenvalue weighted by molar-refractivity contribution is 9.10. The molecule has 1 aromatic rings. The van der Waals surface area contributed by atoms with E-state index in [1.165, 1.54) is 25.7 Å². The number of aliphatic hydroxyl groups is 1. The third-order valence-corrected chi connectivity index (χ3v) is 4.17. The molecule has 0 radical (unpaired) electrons. The summed E-state index contributed by atoms with van der Waals surface area (Å²) in [4.78, 5) is 0.